The molecule has 0 aliphatic carbocycles. The van der Waals surface area contributed by atoms with Crippen molar-refractivity contribution in [2.24, 2.45) is 11.8 Å². The van der Waals surface area contributed by atoms with Crippen LogP contribution < -0.4 is 4.72 Å². The van der Waals surface area contributed by atoms with Crippen LogP contribution in [0.15, 0.2) is 0 Å². The van der Waals surface area contributed by atoms with Crippen LogP contribution in [0.3, 0.4) is 0 Å². The van der Waals surface area contributed by atoms with Crippen molar-refractivity contribution in [3.05, 3.63) is 0 Å². The molecule has 0 aromatic heterocycles. The van der Waals surface area contributed by atoms with Crippen molar-refractivity contribution in [1.29, 1.82) is 0 Å². The molecule has 0 amide bonds. The summed E-state index contributed by atoms with van der Waals surface area (Å²) in [6.45, 7) is 6.53. The fourth-order valence-electron chi connectivity index (χ4n) is 1.25. The first-order chi connectivity index (χ1) is 6.87. The lowest BCUT2D eigenvalue weighted by Crippen LogP contribution is -2.29. The van der Waals surface area contributed by atoms with Crippen LogP contribution in [0.1, 0.15) is 33.6 Å². The summed E-state index contributed by atoms with van der Waals surface area (Å²) in [5.74, 6) is 1.02. The van der Waals surface area contributed by atoms with E-state index >= 15 is 0 Å². The molecule has 1 atom stereocenters. The zero-order valence-corrected chi connectivity index (χ0v) is 12.2. The van der Waals surface area contributed by atoms with E-state index in [4.69, 9.17) is 0 Å². The number of halogens is 1. The molecular weight excluding hydrogens is 278 g/mol. The van der Waals surface area contributed by atoms with E-state index in [9.17, 15) is 8.42 Å². The van der Waals surface area contributed by atoms with Gasteiger partial charge in [-0.2, -0.15) is 0 Å². The summed E-state index contributed by atoms with van der Waals surface area (Å²) in [6, 6.07) is 0. The lowest BCUT2D eigenvalue weighted by atomic mass is 10.1. The third-order valence-electron chi connectivity index (χ3n) is 2.01. The quantitative estimate of drug-likeness (QED) is 0.552. The molecule has 0 spiro atoms. The van der Waals surface area contributed by atoms with E-state index in [-0.39, 0.29) is 11.7 Å². The number of sulfonamides is 1. The predicted octanol–water partition coefficient (Wildman–Crippen LogP) is 2.37. The molecule has 15 heavy (non-hydrogen) atoms. The van der Waals surface area contributed by atoms with E-state index in [1.54, 1.807) is 0 Å². The Morgan fingerprint density at radius 2 is 1.87 bits per heavy atom. The van der Waals surface area contributed by atoms with Crippen molar-refractivity contribution in [3.63, 3.8) is 0 Å². The summed E-state index contributed by atoms with van der Waals surface area (Å²) in [5.41, 5.74) is 0. The predicted molar refractivity (Wildman–Crippen MR) is 68.8 cm³/mol. The first kappa shape index (κ1) is 15.4. The molecule has 0 saturated carbocycles. The van der Waals surface area contributed by atoms with E-state index in [1.807, 2.05) is 13.8 Å². The van der Waals surface area contributed by atoms with E-state index in [1.165, 1.54) is 0 Å². The fraction of sp³-hybridized carbons (Fsp3) is 1.00. The Hall–Kier alpha value is 0.390. The van der Waals surface area contributed by atoms with Crippen molar-refractivity contribution in [3.8, 4) is 0 Å². The first-order valence-electron chi connectivity index (χ1n) is 5.40. The number of alkyl halides is 1. The maximum atomic E-state index is 11.4. The molecule has 0 aromatic rings. The van der Waals surface area contributed by atoms with Gasteiger partial charge in [-0.1, -0.05) is 36.7 Å². The Labute approximate surface area is 102 Å². The average Bonchev–Trinajstić information content (AvgIpc) is 2.10. The van der Waals surface area contributed by atoms with Gasteiger partial charge in [0.25, 0.3) is 0 Å². The fourth-order valence-corrected chi connectivity index (χ4v) is 3.03. The molecule has 0 aromatic carbocycles. The van der Waals surface area contributed by atoms with E-state index in [0.29, 0.717) is 12.5 Å². The third-order valence-corrected chi connectivity index (χ3v) is 4.87. The Morgan fingerprint density at radius 1 is 1.27 bits per heavy atom. The highest BCUT2D eigenvalue weighted by molar-refractivity contribution is 9.09. The molecule has 0 rings (SSSR count). The summed E-state index contributed by atoms with van der Waals surface area (Å²) >= 11 is 3.40. The summed E-state index contributed by atoms with van der Waals surface area (Å²) in [5, 5.41) is 0.978. The molecule has 0 radical (unpaired) electrons. The first-order valence-corrected chi connectivity index (χ1v) is 8.18. The molecule has 0 heterocycles. The standard InChI is InChI=1S/C10H22BrNO2S/c1-9(2)8-15(13,14)12-6-4-5-10(3)7-11/h9-10,12H,4-8H2,1-3H3. The Balaban J connectivity index is 3.67. The van der Waals surface area contributed by atoms with Crippen LogP contribution in [0.25, 0.3) is 0 Å². The van der Waals surface area contributed by atoms with Crippen LogP contribution >= 0.6 is 15.9 Å². The van der Waals surface area contributed by atoms with Crippen LogP contribution in [-0.4, -0.2) is 26.0 Å². The van der Waals surface area contributed by atoms with Crippen LogP contribution in [0.5, 0.6) is 0 Å². The van der Waals surface area contributed by atoms with Crippen molar-refractivity contribution >= 4 is 26.0 Å². The minimum absolute atomic E-state index is 0.184. The zero-order valence-electron chi connectivity index (χ0n) is 9.79. The lowest BCUT2D eigenvalue weighted by Gasteiger charge is -2.10. The van der Waals surface area contributed by atoms with Crippen molar-refractivity contribution < 1.29 is 8.42 Å². The molecule has 1 N–H and O–H groups in total. The van der Waals surface area contributed by atoms with Crippen molar-refractivity contribution in [2.75, 3.05) is 17.6 Å². The van der Waals surface area contributed by atoms with Gasteiger partial charge < -0.3 is 0 Å². The molecule has 0 bridgehead atoms. The van der Waals surface area contributed by atoms with E-state index in [2.05, 4.69) is 27.6 Å². The Morgan fingerprint density at radius 3 is 2.33 bits per heavy atom. The lowest BCUT2D eigenvalue weighted by molar-refractivity contribution is 0.541. The maximum absolute atomic E-state index is 11.4. The molecule has 92 valence electrons. The van der Waals surface area contributed by atoms with Crippen molar-refractivity contribution in [2.45, 2.75) is 33.6 Å². The molecule has 0 aliphatic heterocycles. The number of nitrogens with one attached hydrogen (secondary N) is 1. The minimum atomic E-state index is -3.05. The average molecular weight is 300 g/mol. The van der Waals surface area contributed by atoms with Crippen LogP contribution in [0.2, 0.25) is 0 Å². The van der Waals surface area contributed by atoms with Crippen molar-refractivity contribution in [1.82, 2.24) is 4.72 Å². The molecule has 1 unspecified atom stereocenters. The largest absolute Gasteiger partial charge is 0.215 e. The highest BCUT2D eigenvalue weighted by Gasteiger charge is 2.11. The van der Waals surface area contributed by atoms with Crippen LogP contribution in [-0.2, 0) is 10.0 Å². The van der Waals surface area contributed by atoms with E-state index in [0.717, 1.165) is 18.2 Å². The maximum Gasteiger partial charge on any atom is 0.211 e. The topological polar surface area (TPSA) is 46.2 Å². The van der Waals surface area contributed by atoms with Gasteiger partial charge in [0.05, 0.1) is 5.75 Å². The normalized spacial score (nSPS) is 14.5. The smallest absolute Gasteiger partial charge is 0.211 e. The van der Waals surface area contributed by atoms with E-state index < -0.39 is 10.0 Å². The Bertz CT molecular complexity index is 252. The van der Waals surface area contributed by atoms with Gasteiger partial charge in [0.2, 0.25) is 10.0 Å². The minimum Gasteiger partial charge on any atom is -0.215 e. The Kier molecular flexibility index (Phi) is 7.83. The number of hydrogen-bond donors (Lipinski definition) is 1. The number of hydrogen-bond acceptors (Lipinski definition) is 2. The summed E-state index contributed by atoms with van der Waals surface area (Å²) in [6.07, 6.45) is 1.96. The van der Waals surface area contributed by atoms with Crippen LogP contribution in [0.4, 0.5) is 0 Å². The van der Waals surface area contributed by atoms with Gasteiger partial charge in [-0.15, -0.1) is 0 Å². The molecule has 5 heteroatoms. The summed E-state index contributed by atoms with van der Waals surface area (Å²) in [4.78, 5) is 0. The molecule has 0 fully saturated rings. The van der Waals surface area contributed by atoms with Gasteiger partial charge >= 0.3 is 0 Å². The highest BCUT2D eigenvalue weighted by atomic mass is 79.9. The van der Waals surface area contributed by atoms with Crippen LogP contribution in [0, 0.1) is 11.8 Å². The summed E-state index contributed by atoms with van der Waals surface area (Å²) < 4.78 is 25.5. The third kappa shape index (κ3) is 9.33. The zero-order chi connectivity index (χ0) is 11.9. The van der Waals surface area contributed by atoms with Gasteiger partial charge in [-0.05, 0) is 24.7 Å². The highest BCUT2D eigenvalue weighted by Crippen LogP contribution is 2.07. The molecule has 0 aliphatic rings. The summed E-state index contributed by atoms with van der Waals surface area (Å²) in [7, 11) is -3.05. The molecule has 3 nitrogen and oxygen atoms in total. The second-order valence-corrected chi connectivity index (χ2v) is 6.97. The SMILES string of the molecule is CC(C)CS(=O)(=O)NCCCC(C)CBr. The molecular formula is C10H22BrNO2S. The van der Waals surface area contributed by atoms with Gasteiger partial charge in [-0.25, -0.2) is 13.1 Å². The van der Waals surface area contributed by atoms with Gasteiger partial charge in [-0.3, -0.25) is 0 Å². The van der Waals surface area contributed by atoms with Gasteiger partial charge in [0.15, 0.2) is 0 Å². The van der Waals surface area contributed by atoms with Gasteiger partial charge in [0, 0.05) is 11.9 Å². The second-order valence-electron chi connectivity index (χ2n) is 4.47. The second kappa shape index (κ2) is 7.63. The molecule has 0 saturated heterocycles. The monoisotopic (exact) mass is 299 g/mol. The number of rotatable bonds is 8. The van der Waals surface area contributed by atoms with Gasteiger partial charge in [0.1, 0.15) is 0 Å².